The van der Waals surface area contributed by atoms with E-state index < -0.39 is 23.3 Å². The van der Waals surface area contributed by atoms with Crippen molar-refractivity contribution < 1.29 is 32.0 Å². The van der Waals surface area contributed by atoms with Crippen molar-refractivity contribution >= 4 is 22.8 Å². The largest absolute Gasteiger partial charge is 0.497 e. The smallest absolute Gasteiger partial charge is 0.416 e. The molecule has 9 nitrogen and oxygen atoms in total. The van der Waals surface area contributed by atoms with Crippen LogP contribution in [0.2, 0.25) is 0 Å². The Balaban J connectivity index is 1.37. The van der Waals surface area contributed by atoms with Crippen molar-refractivity contribution in [2.24, 2.45) is 0 Å². The zero-order valence-corrected chi connectivity index (χ0v) is 21.3. The van der Waals surface area contributed by atoms with Crippen molar-refractivity contribution in [2.75, 3.05) is 26.1 Å². The van der Waals surface area contributed by atoms with Crippen LogP contribution < -0.4 is 20.5 Å². The number of hydrogen-bond acceptors (Lipinski definition) is 7. The predicted molar refractivity (Wildman–Crippen MR) is 136 cm³/mol. The summed E-state index contributed by atoms with van der Waals surface area (Å²) in [7, 11) is 2.85. The molecule has 0 radical (unpaired) electrons. The van der Waals surface area contributed by atoms with Gasteiger partial charge in [0.1, 0.15) is 18.4 Å². The molecule has 5 rings (SSSR count). The molecule has 1 N–H and O–H groups in total. The van der Waals surface area contributed by atoms with Crippen LogP contribution in [-0.2, 0) is 19.1 Å². The van der Waals surface area contributed by atoms with Gasteiger partial charge in [-0.3, -0.25) is 9.59 Å². The number of benzene rings is 2. The Hall–Kier alpha value is -4.48. The average Bonchev–Trinajstić information content (AvgIpc) is 3.35. The lowest BCUT2D eigenvalue weighted by atomic mass is 10.1. The molecule has 0 saturated carbocycles. The molecular formula is C27H25F3N4O5. The van der Waals surface area contributed by atoms with Crippen molar-refractivity contribution in [1.29, 1.82) is 0 Å². The molecule has 0 bridgehead atoms. The van der Waals surface area contributed by atoms with Crippen LogP contribution in [0.1, 0.15) is 45.9 Å². The molecule has 2 aromatic carbocycles. The molecule has 1 atom stereocenters. The summed E-state index contributed by atoms with van der Waals surface area (Å²) < 4.78 is 50.6. The standard InChI is InChI=1S/C27H25F3N4O5/c1-15(16-4-6-18(7-5-16)27(28,29)30)31-26-32-21-10-11-33(14-20(21)24(35)34(26)38-3)25(36)23-13-17-12-19(37-2)8-9-22(17)39-23/h4-9,12-13,15H,10-11,14H2,1-3H3,(H,31,32). The zero-order chi connectivity index (χ0) is 27.9. The number of nitrogens with one attached hydrogen (secondary N) is 1. The van der Waals surface area contributed by atoms with Crippen molar-refractivity contribution in [1.82, 2.24) is 14.6 Å². The van der Waals surface area contributed by atoms with Gasteiger partial charge in [0, 0.05) is 18.4 Å². The minimum absolute atomic E-state index is 0.0124. The van der Waals surface area contributed by atoms with E-state index >= 15 is 0 Å². The van der Waals surface area contributed by atoms with Gasteiger partial charge in [0.05, 0.1) is 36.5 Å². The fourth-order valence-electron chi connectivity index (χ4n) is 4.54. The van der Waals surface area contributed by atoms with Crippen molar-refractivity contribution in [3.63, 3.8) is 0 Å². The summed E-state index contributed by atoms with van der Waals surface area (Å²) in [5, 5.41) is 3.77. The average molecular weight is 543 g/mol. The number of furan rings is 1. The van der Waals surface area contributed by atoms with E-state index in [9.17, 15) is 22.8 Å². The van der Waals surface area contributed by atoms with Crippen LogP contribution in [0.4, 0.5) is 19.1 Å². The Morgan fingerprint density at radius 1 is 1.13 bits per heavy atom. The Morgan fingerprint density at radius 3 is 2.54 bits per heavy atom. The van der Waals surface area contributed by atoms with Crippen molar-refractivity contribution in [3.05, 3.63) is 87.0 Å². The first-order chi connectivity index (χ1) is 18.6. The van der Waals surface area contributed by atoms with Gasteiger partial charge in [0.2, 0.25) is 5.95 Å². The SMILES string of the molecule is COc1ccc2oc(C(=O)N3CCc4nc(NC(C)c5ccc(C(F)(F)F)cc5)n(OC)c(=O)c4C3)cc2c1. The predicted octanol–water partition coefficient (Wildman–Crippen LogP) is 4.45. The number of aromatic nitrogens is 2. The quantitative estimate of drug-likeness (QED) is 0.385. The zero-order valence-electron chi connectivity index (χ0n) is 21.3. The molecule has 39 heavy (non-hydrogen) atoms. The number of ether oxygens (including phenoxy) is 1. The maximum absolute atomic E-state index is 13.3. The Labute approximate surface area is 220 Å². The molecule has 2 aromatic heterocycles. The van der Waals surface area contributed by atoms with Gasteiger partial charge in [-0.05, 0) is 48.9 Å². The van der Waals surface area contributed by atoms with E-state index in [1.54, 1.807) is 38.3 Å². The lowest BCUT2D eigenvalue weighted by Crippen LogP contribution is -2.42. The minimum Gasteiger partial charge on any atom is -0.497 e. The van der Waals surface area contributed by atoms with Gasteiger partial charge in [0.25, 0.3) is 11.5 Å². The lowest BCUT2D eigenvalue weighted by Gasteiger charge is -2.28. The number of anilines is 1. The summed E-state index contributed by atoms with van der Waals surface area (Å²) in [6, 6.07) is 11.1. The van der Waals surface area contributed by atoms with Gasteiger partial charge in [-0.15, -0.1) is 4.73 Å². The van der Waals surface area contributed by atoms with Crippen molar-refractivity contribution in [3.8, 4) is 5.75 Å². The highest BCUT2D eigenvalue weighted by atomic mass is 19.4. The molecule has 0 aliphatic carbocycles. The number of nitrogens with zero attached hydrogens (tertiary/aromatic N) is 3. The molecule has 12 heteroatoms. The van der Waals surface area contributed by atoms with Crippen LogP contribution in [0, 0.1) is 0 Å². The molecule has 0 saturated heterocycles. The Morgan fingerprint density at radius 2 is 1.87 bits per heavy atom. The van der Waals surface area contributed by atoms with E-state index in [4.69, 9.17) is 14.0 Å². The second-order valence-electron chi connectivity index (χ2n) is 9.12. The first-order valence-corrected chi connectivity index (χ1v) is 12.1. The third kappa shape index (κ3) is 5.01. The van der Waals surface area contributed by atoms with Gasteiger partial charge in [-0.2, -0.15) is 13.2 Å². The molecule has 3 heterocycles. The minimum atomic E-state index is -4.43. The number of alkyl halides is 3. The Kier molecular flexibility index (Phi) is 6.71. The molecule has 1 aliphatic heterocycles. The highest BCUT2D eigenvalue weighted by Gasteiger charge is 2.31. The first-order valence-electron chi connectivity index (χ1n) is 12.1. The van der Waals surface area contributed by atoms with Crippen LogP contribution in [0.25, 0.3) is 11.0 Å². The summed E-state index contributed by atoms with van der Waals surface area (Å²) in [6.45, 7) is 2.06. The molecule has 1 unspecified atom stereocenters. The normalized spacial score (nSPS) is 14.2. The van der Waals surface area contributed by atoms with Gasteiger partial charge in [0.15, 0.2) is 5.76 Å². The molecule has 0 spiro atoms. The van der Waals surface area contributed by atoms with Gasteiger partial charge in [-0.1, -0.05) is 12.1 Å². The monoisotopic (exact) mass is 542 g/mol. The summed E-state index contributed by atoms with van der Waals surface area (Å²) in [4.78, 5) is 37.9. The first kappa shape index (κ1) is 26.1. The van der Waals surface area contributed by atoms with E-state index in [0.717, 1.165) is 22.2 Å². The van der Waals surface area contributed by atoms with Gasteiger partial charge < -0.3 is 24.2 Å². The molecule has 4 aromatic rings. The molecule has 204 valence electrons. The highest BCUT2D eigenvalue weighted by Crippen LogP contribution is 2.31. The molecular weight excluding hydrogens is 517 g/mol. The molecule has 1 aliphatic rings. The third-order valence-corrected chi connectivity index (χ3v) is 6.68. The lowest BCUT2D eigenvalue weighted by molar-refractivity contribution is -0.137. The second kappa shape index (κ2) is 10.0. The van der Waals surface area contributed by atoms with Crippen LogP contribution in [0.3, 0.4) is 0 Å². The number of carbonyl (C=O) groups is 1. The number of halogens is 3. The maximum atomic E-state index is 13.3. The van der Waals surface area contributed by atoms with E-state index in [1.807, 2.05) is 0 Å². The molecule has 1 amide bonds. The van der Waals surface area contributed by atoms with E-state index in [1.165, 1.54) is 24.1 Å². The third-order valence-electron chi connectivity index (χ3n) is 6.68. The van der Waals surface area contributed by atoms with Crippen LogP contribution in [0.15, 0.2) is 57.7 Å². The van der Waals surface area contributed by atoms with Crippen LogP contribution in [0.5, 0.6) is 5.75 Å². The Bertz CT molecular complexity index is 1590. The summed E-state index contributed by atoms with van der Waals surface area (Å²) in [5.41, 5.74) is 0.684. The summed E-state index contributed by atoms with van der Waals surface area (Å²) in [5.74, 6) is 0.528. The number of carbonyl (C=O) groups excluding carboxylic acids is 1. The van der Waals surface area contributed by atoms with E-state index in [0.29, 0.717) is 41.1 Å². The second-order valence-corrected chi connectivity index (χ2v) is 9.12. The number of hydrogen-bond donors (Lipinski definition) is 1. The topological polar surface area (TPSA) is 98.8 Å². The van der Waals surface area contributed by atoms with Crippen LogP contribution in [-0.4, -0.2) is 41.3 Å². The highest BCUT2D eigenvalue weighted by molar-refractivity contribution is 5.96. The van der Waals surface area contributed by atoms with E-state index in [-0.39, 0.29) is 24.2 Å². The van der Waals surface area contributed by atoms with Gasteiger partial charge in [-0.25, -0.2) is 4.98 Å². The van der Waals surface area contributed by atoms with E-state index in [2.05, 4.69) is 10.3 Å². The van der Waals surface area contributed by atoms with Crippen LogP contribution >= 0.6 is 0 Å². The van der Waals surface area contributed by atoms with Gasteiger partial charge >= 0.3 is 6.18 Å². The fraction of sp³-hybridized carbons (Fsp3) is 0.296. The number of amides is 1. The number of methoxy groups -OCH3 is 1. The molecule has 0 fully saturated rings. The van der Waals surface area contributed by atoms with Crippen molar-refractivity contribution in [2.45, 2.75) is 32.1 Å². The summed E-state index contributed by atoms with van der Waals surface area (Å²) in [6.07, 6.45) is -4.11. The number of rotatable bonds is 6. The fourth-order valence-corrected chi connectivity index (χ4v) is 4.54. The summed E-state index contributed by atoms with van der Waals surface area (Å²) >= 11 is 0. The maximum Gasteiger partial charge on any atom is 0.416 e. The number of fused-ring (bicyclic) bond motifs is 2.